The van der Waals surface area contributed by atoms with E-state index in [2.05, 4.69) is 0 Å². The van der Waals surface area contributed by atoms with Crippen molar-refractivity contribution in [1.29, 1.82) is 0 Å². The van der Waals surface area contributed by atoms with Crippen LogP contribution in [0.4, 0.5) is 0 Å². The molecule has 1 rings (SSSR count). The molecular formula is C7H9ClN2O3. The summed E-state index contributed by atoms with van der Waals surface area (Å²) in [5.74, 6) is 0. The molecule has 1 aliphatic rings. The fourth-order valence-electron chi connectivity index (χ4n) is 1.12. The molecule has 0 heterocycles. The number of hydrogen-bond acceptors (Lipinski definition) is 4. The Kier molecular flexibility index (Phi) is 2.70. The molecule has 0 aliphatic heterocycles. The van der Waals surface area contributed by atoms with E-state index in [0.717, 1.165) is 0 Å². The fraction of sp³-hybridized carbons (Fsp3) is 0.429. The van der Waals surface area contributed by atoms with Gasteiger partial charge in [-0.05, 0) is 12.2 Å². The van der Waals surface area contributed by atoms with Crippen LogP contribution in [0.3, 0.4) is 0 Å². The molecule has 0 radical (unpaired) electrons. The first kappa shape index (κ1) is 10.2. The number of methoxy groups -OCH3 is 1. The van der Waals surface area contributed by atoms with Gasteiger partial charge < -0.3 is 10.5 Å². The minimum absolute atomic E-state index is 0.377. The molecule has 72 valence electrons. The number of hydrogen-bond donors (Lipinski definition) is 1. The van der Waals surface area contributed by atoms with Gasteiger partial charge in [-0.25, -0.2) is 0 Å². The largest absolute Gasteiger partial charge is 0.363 e. The van der Waals surface area contributed by atoms with Gasteiger partial charge in [-0.3, -0.25) is 10.1 Å². The molecular weight excluding hydrogens is 196 g/mol. The lowest BCUT2D eigenvalue weighted by atomic mass is 10.00. The minimum atomic E-state index is -1.68. The molecule has 5 nitrogen and oxygen atoms in total. The van der Waals surface area contributed by atoms with E-state index in [1.54, 1.807) is 0 Å². The van der Waals surface area contributed by atoms with Crippen molar-refractivity contribution in [2.45, 2.75) is 11.8 Å². The molecule has 2 N–H and O–H groups in total. The van der Waals surface area contributed by atoms with Gasteiger partial charge in [0.05, 0.1) is 4.92 Å². The zero-order valence-corrected chi connectivity index (χ0v) is 7.69. The number of halogens is 1. The van der Waals surface area contributed by atoms with Crippen molar-refractivity contribution in [3.05, 3.63) is 33.4 Å². The first-order chi connectivity index (χ1) is 6.03. The molecule has 0 spiro atoms. The third kappa shape index (κ3) is 1.58. The van der Waals surface area contributed by atoms with Crippen LogP contribution in [0.1, 0.15) is 0 Å². The van der Waals surface area contributed by atoms with Gasteiger partial charge in [0, 0.05) is 18.2 Å². The summed E-state index contributed by atoms with van der Waals surface area (Å²) in [4.78, 5) is 10.1. The molecule has 0 aromatic rings. The van der Waals surface area contributed by atoms with Gasteiger partial charge in [-0.1, -0.05) is 11.6 Å². The molecule has 2 unspecified atom stereocenters. The Morgan fingerprint density at radius 2 is 2.46 bits per heavy atom. The van der Waals surface area contributed by atoms with Crippen LogP contribution >= 0.6 is 11.6 Å². The standard InChI is InChI=1S/C7H9ClN2O3/c1-13-7(10(11)12)3-2-5(8)4-6(7)9/h2-4,6H,9H2,1H3. The Bertz CT molecular complexity index is 289. The molecule has 0 saturated carbocycles. The third-order valence-electron chi connectivity index (χ3n) is 1.91. The lowest BCUT2D eigenvalue weighted by Gasteiger charge is -2.26. The summed E-state index contributed by atoms with van der Waals surface area (Å²) in [5.41, 5.74) is 3.85. The lowest BCUT2D eigenvalue weighted by Crippen LogP contribution is -2.54. The first-order valence-corrected chi connectivity index (χ1v) is 3.92. The van der Waals surface area contributed by atoms with Gasteiger partial charge in [0.25, 0.3) is 0 Å². The minimum Gasteiger partial charge on any atom is -0.316 e. The van der Waals surface area contributed by atoms with E-state index in [4.69, 9.17) is 22.1 Å². The van der Waals surface area contributed by atoms with E-state index in [9.17, 15) is 10.1 Å². The second-order valence-corrected chi connectivity index (χ2v) is 3.06. The molecule has 2 atom stereocenters. The Labute approximate surface area is 80.0 Å². The number of allylic oxidation sites excluding steroid dienone is 2. The number of ether oxygens (including phenoxy) is 1. The fourth-order valence-corrected chi connectivity index (χ4v) is 1.32. The highest BCUT2D eigenvalue weighted by Crippen LogP contribution is 2.25. The van der Waals surface area contributed by atoms with Gasteiger partial charge in [0.1, 0.15) is 6.04 Å². The summed E-state index contributed by atoms with van der Waals surface area (Å²) >= 11 is 5.62. The third-order valence-corrected chi connectivity index (χ3v) is 2.16. The number of nitro groups is 1. The van der Waals surface area contributed by atoms with Crippen molar-refractivity contribution in [3.63, 3.8) is 0 Å². The summed E-state index contributed by atoms with van der Waals surface area (Å²) in [7, 11) is 1.24. The molecule has 6 heteroatoms. The van der Waals surface area contributed by atoms with Crippen molar-refractivity contribution >= 4 is 11.6 Å². The zero-order chi connectivity index (χ0) is 10.1. The number of nitrogens with zero attached hydrogens (tertiary/aromatic N) is 1. The maximum absolute atomic E-state index is 10.7. The molecule has 1 aliphatic carbocycles. The summed E-state index contributed by atoms with van der Waals surface area (Å²) in [6.45, 7) is 0. The quantitative estimate of drug-likeness (QED) is 0.407. The summed E-state index contributed by atoms with van der Waals surface area (Å²) in [5, 5.41) is 11.1. The van der Waals surface area contributed by atoms with Crippen LogP contribution in [0, 0.1) is 10.1 Å². The van der Waals surface area contributed by atoms with E-state index in [0.29, 0.717) is 5.03 Å². The van der Waals surface area contributed by atoms with Crippen molar-refractivity contribution in [2.24, 2.45) is 5.73 Å². The Morgan fingerprint density at radius 1 is 1.85 bits per heavy atom. The van der Waals surface area contributed by atoms with Crippen molar-refractivity contribution in [2.75, 3.05) is 7.11 Å². The predicted octanol–water partition coefficient (Wildman–Crippen LogP) is 0.626. The van der Waals surface area contributed by atoms with Crippen LogP contribution in [0.5, 0.6) is 0 Å². The molecule has 0 amide bonds. The SMILES string of the molecule is COC1([N+](=O)[O-])C=CC(Cl)=CC1N. The number of rotatable bonds is 2. The molecule has 13 heavy (non-hydrogen) atoms. The van der Waals surface area contributed by atoms with Crippen molar-refractivity contribution < 1.29 is 9.66 Å². The van der Waals surface area contributed by atoms with Crippen LogP contribution in [0.2, 0.25) is 0 Å². The molecule has 0 saturated heterocycles. The van der Waals surface area contributed by atoms with Crippen LogP contribution in [-0.2, 0) is 4.74 Å². The molecule has 0 aromatic heterocycles. The summed E-state index contributed by atoms with van der Waals surface area (Å²) in [6.07, 6.45) is 4.03. The molecule has 0 bridgehead atoms. The van der Waals surface area contributed by atoms with E-state index in [-0.39, 0.29) is 0 Å². The molecule has 0 fully saturated rings. The van der Waals surface area contributed by atoms with Gasteiger partial charge in [0.2, 0.25) is 0 Å². The van der Waals surface area contributed by atoms with Gasteiger partial charge in [-0.2, -0.15) is 0 Å². The van der Waals surface area contributed by atoms with Gasteiger partial charge in [-0.15, -0.1) is 0 Å². The summed E-state index contributed by atoms with van der Waals surface area (Å²) in [6, 6.07) is -0.870. The van der Waals surface area contributed by atoms with E-state index >= 15 is 0 Å². The second-order valence-electron chi connectivity index (χ2n) is 2.62. The van der Waals surface area contributed by atoms with Crippen LogP contribution in [0.15, 0.2) is 23.3 Å². The van der Waals surface area contributed by atoms with Crippen LogP contribution < -0.4 is 5.73 Å². The molecule has 0 aromatic carbocycles. The maximum Gasteiger partial charge on any atom is 0.363 e. The van der Waals surface area contributed by atoms with Gasteiger partial charge in [0.15, 0.2) is 0 Å². The van der Waals surface area contributed by atoms with Crippen LogP contribution in [-0.4, -0.2) is 23.8 Å². The highest BCUT2D eigenvalue weighted by atomic mass is 35.5. The first-order valence-electron chi connectivity index (χ1n) is 3.54. The van der Waals surface area contributed by atoms with E-state index < -0.39 is 16.7 Å². The lowest BCUT2D eigenvalue weighted by molar-refractivity contribution is -0.612. The van der Waals surface area contributed by atoms with Crippen LogP contribution in [0.25, 0.3) is 0 Å². The van der Waals surface area contributed by atoms with Crippen molar-refractivity contribution in [3.8, 4) is 0 Å². The Hall–Kier alpha value is -0.910. The second kappa shape index (κ2) is 3.45. The Morgan fingerprint density at radius 3 is 2.85 bits per heavy atom. The monoisotopic (exact) mass is 204 g/mol. The predicted molar refractivity (Wildman–Crippen MR) is 47.8 cm³/mol. The average molecular weight is 205 g/mol. The smallest absolute Gasteiger partial charge is 0.316 e. The topological polar surface area (TPSA) is 78.4 Å². The zero-order valence-electron chi connectivity index (χ0n) is 6.94. The van der Waals surface area contributed by atoms with Crippen molar-refractivity contribution in [1.82, 2.24) is 0 Å². The van der Waals surface area contributed by atoms with E-state index in [1.807, 2.05) is 0 Å². The number of nitrogens with two attached hydrogens (primary N) is 1. The van der Waals surface area contributed by atoms with Gasteiger partial charge >= 0.3 is 5.72 Å². The normalized spacial score (nSPS) is 32.8. The highest BCUT2D eigenvalue weighted by Gasteiger charge is 2.47. The Balaban J connectivity index is 3.05. The maximum atomic E-state index is 10.7. The summed E-state index contributed by atoms with van der Waals surface area (Å²) < 4.78 is 4.79. The average Bonchev–Trinajstić information content (AvgIpc) is 2.04. The highest BCUT2D eigenvalue weighted by molar-refractivity contribution is 6.31. The van der Waals surface area contributed by atoms with E-state index in [1.165, 1.54) is 25.3 Å².